The Morgan fingerprint density at radius 1 is 1.21 bits per heavy atom. The van der Waals surface area contributed by atoms with Crippen molar-refractivity contribution < 1.29 is 0 Å². The standard InChI is InChI=1S/C10H9ClN2.ClH/c11-8-10-12-6-7-13(10)9-4-2-1-3-5-9;/h1-7H,8H2;1H. The van der Waals surface area contributed by atoms with Crippen molar-refractivity contribution in [2.45, 2.75) is 5.88 Å². The second-order valence-electron chi connectivity index (χ2n) is 2.68. The lowest BCUT2D eigenvalue weighted by Gasteiger charge is -2.04. The van der Waals surface area contributed by atoms with Crippen LogP contribution in [0.25, 0.3) is 5.69 Å². The zero-order valence-corrected chi connectivity index (χ0v) is 9.00. The summed E-state index contributed by atoms with van der Waals surface area (Å²) in [6.45, 7) is 0. The van der Waals surface area contributed by atoms with Crippen LogP contribution in [0.3, 0.4) is 0 Å². The van der Waals surface area contributed by atoms with E-state index in [-0.39, 0.29) is 12.4 Å². The van der Waals surface area contributed by atoms with E-state index in [1.807, 2.05) is 41.1 Å². The van der Waals surface area contributed by atoms with Crippen LogP contribution in [0.1, 0.15) is 5.82 Å². The molecule has 0 atom stereocenters. The van der Waals surface area contributed by atoms with Gasteiger partial charge in [0.2, 0.25) is 0 Å². The molecule has 4 heteroatoms. The Kier molecular flexibility index (Phi) is 3.98. The summed E-state index contributed by atoms with van der Waals surface area (Å²) in [5.74, 6) is 1.30. The highest BCUT2D eigenvalue weighted by Gasteiger charge is 2.01. The van der Waals surface area contributed by atoms with Gasteiger partial charge in [-0.15, -0.1) is 24.0 Å². The molecule has 0 saturated heterocycles. The third-order valence-corrected chi connectivity index (χ3v) is 2.11. The summed E-state index contributed by atoms with van der Waals surface area (Å²) in [5.41, 5.74) is 1.09. The normalized spacial score (nSPS) is 9.50. The van der Waals surface area contributed by atoms with Gasteiger partial charge in [0, 0.05) is 18.1 Å². The van der Waals surface area contributed by atoms with Crippen LogP contribution in [0.4, 0.5) is 0 Å². The highest BCUT2D eigenvalue weighted by molar-refractivity contribution is 6.16. The molecule has 0 spiro atoms. The summed E-state index contributed by atoms with van der Waals surface area (Å²) in [4.78, 5) is 4.14. The Morgan fingerprint density at radius 3 is 2.57 bits per heavy atom. The summed E-state index contributed by atoms with van der Waals surface area (Å²) in [6, 6.07) is 10.0. The van der Waals surface area contributed by atoms with Gasteiger partial charge in [0.05, 0.1) is 5.88 Å². The summed E-state index contributed by atoms with van der Waals surface area (Å²) >= 11 is 5.74. The molecule has 2 aromatic rings. The Balaban J connectivity index is 0.000000980. The molecule has 0 unspecified atom stereocenters. The van der Waals surface area contributed by atoms with E-state index in [9.17, 15) is 0 Å². The van der Waals surface area contributed by atoms with Crippen molar-refractivity contribution in [3.8, 4) is 5.69 Å². The van der Waals surface area contributed by atoms with Crippen LogP contribution in [-0.4, -0.2) is 9.55 Å². The second-order valence-corrected chi connectivity index (χ2v) is 2.95. The van der Waals surface area contributed by atoms with Gasteiger partial charge in [0.15, 0.2) is 0 Å². The molecular formula is C10H10Cl2N2. The molecule has 0 amide bonds. The average Bonchev–Trinajstić information content (AvgIpc) is 2.67. The number of para-hydroxylation sites is 1. The van der Waals surface area contributed by atoms with Crippen molar-refractivity contribution in [2.75, 3.05) is 0 Å². The number of hydrogen-bond donors (Lipinski definition) is 0. The van der Waals surface area contributed by atoms with Crippen LogP contribution < -0.4 is 0 Å². The van der Waals surface area contributed by atoms with Gasteiger partial charge in [-0.1, -0.05) is 18.2 Å². The van der Waals surface area contributed by atoms with Crippen LogP contribution in [0.15, 0.2) is 42.7 Å². The maximum atomic E-state index is 5.74. The number of halogens is 2. The number of rotatable bonds is 2. The largest absolute Gasteiger partial charge is 0.303 e. The summed E-state index contributed by atoms with van der Waals surface area (Å²) in [5, 5.41) is 0. The summed E-state index contributed by atoms with van der Waals surface area (Å²) in [7, 11) is 0. The molecule has 74 valence electrons. The fraction of sp³-hybridized carbons (Fsp3) is 0.100. The molecule has 0 bridgehead atoms. The van der Waals surface area contributed by atoms with Crippen LogP contribution in [0, 0.1) is 0 Å². The van der Waals surface area contributed by atoms with Gasteiger partial charge in [-0.05, 0) is 12.1 Å². The molecule has 14 heavy (non-hydrogen) atoms. The fourth-order valence-electron chi connectivity index (χ4n) is 1.26. The Hall–Kier alpha value is -0.990. The predicted molar refractivity (Wildman–Crippen MR) is 60.4 cm³/mol. The topological polar surface area (TPSA) is 17.8 Å². The molecule has 0 N–H and O–H groups in total. The van der Waals surface area contributed by atoms with Gasteiger partial charge in [-0.3, -0.25) is 0 Å². The molecule has 0 radical (unpaired) electrons. The fourth-order valence-corrected chi connectivity index (χ4v) is 1.45. The summed E-state index contributed by atoms with van der Waals surface area (Å²) < 4.78 is 1.98. The van der Waals surface area contributed by atoms with Gasteiger partial charge in [0.1, 0.15) is 5.82 Å². The van der Waals surface area contributed by atoms with Crippen molar-refractivity contribution in [1.29, 1.82) is 0 Å². The van der Waals surface area contributed by atoms with E-state index in [1.165, 1.54) is 0 Å². The SMILES string of the molecule is Cl.ClCc1nccn1-c1ccccc1. The molecule has 1 aromatic heterocycles. The zero-order valence-electron chi connectivity index (χ0n) is 7.43. The van der Waals surface area contributed by atoms with Crippen LogP contribution in [-0.2, 0) is 5.88 Å². The first-order valence-corrected chi connectivity index (χ1v) is 4.59. The third-order valence-electron chi connectivity index (χ3n) is 1.87. The lowest BCUT2D eigenvalue weighted by molar-refractivity contribution is 0.958. The number of nitrogens with zero attached hydrogens (tertiary/aromatic N) is 2. The van der Waals surface area contributed by atoms with Crippen molar-refractivity contribution in [1.82, 2.24) is 9.55 Å². The highest BCUT2D eigenvalue weighted by atomic mass is 35.5. The molecule has 0 aliphatic carbocycles. The van der Waals surface area contributed by atoms with Gasteiger partial charge < -0.3 is 4.57 Å². The number of hydrogen-bond acceptors (Lipinski definition) is 1. The molecule has 2 rings (SSSR count). The highest BCUT2D eigenvalue weighted by Crippen LogP contribution is 2.10. The van der Waals surface area contributed by atoms with E-state index in [0.717, 1.165) is 11.5 Å². The molecule has 0 saturated carbocycles. The lowest BCUT2D eigenvalue weighted by Crippen LogP contribution is -1.97. The van der Waals surface area contributed by atoms with Gasteiger partial charge in [0.25, 0.3) is 0 Å². The van der Waals surface area contributed by atoms with E-state index < -0.39 is 0 Å². The van der Waals surface area contributed by atoms with Crippen molar-refractivity contribution in [2.24, 2.45) is 0 Å². The molecule has 0 fully saturated rings. The smallest absolute Gasteiger partial charge is 0.128 e. The number of alkyl halides is 1. The quantitative estimate of drug-likeness (QED) is 0.723. The van der Waals surface area contributed by atoms with E-state index in [2.05, 4.69) is 4.98 Å². The van der Waals surface area contributed by atoms with Crippen LogP contribution in [0.2, 0.25) is 0 Å². The van der Waals surface area contributed by atoms with Crippen LogP contribution in [0.5, 0.6) is 0 Å². The number of aromatic nitrogens is 2. The minimum Gasteiger partial charge on any atom is -0.303 e. The molecule has 1 aromatic carbocycles. The van der Waals surface area contributed by atoms with Gasteiger partial charge in [-0.25, -0.2) is 4.98 Å². The lowest BCUT2D eigenvalue weighted by atomic mass is 10.3. The summed E-state index contributed by atoms with van der Waals surface area (Å²) in [6.07, 6.45) is 3.66. The van der Waals surface area contributed by atoms with Crippen molar-refractivity contribution in [3.05, 3.63) is 48.5 Å². The Bertz CT molecular complexity index is 384. The zero-order chi connectivity index (χ0) is 9.10. The molecular weight excluding hydrogens is 219 g/mol. The average molecular weight is 229 g/mol. The van der Waals surface area contributed by atoms with E-state index in [0.29, 0.717) is 5.88 Å². The minimum absolute atomic E-state index is 0. The van der Waals surface area contributed by atoms with Gasteiger partial charge in [-0.2, -0.15) is 0 Å². The van der Waals surface area contributed by atoms with Crippen LogP contribution >= 0.6 is 24.0 Å². The second kappa shape index (κ2) is 5.03. The monoisotopic (exact) mass is 228 g/mol. The molecule has 2 nitrogen and oxygen atoms in total. The number of imidazole rings is 1. The van der Waals surface area contributed by atoms with E-state index in [1.54, 1.807) is 6.20 Å². The minimum atomic E-state index is 0. The van der Waals surface area contributed by atoms with Crippen molar-refractivity contribution >= 4 is 24.0 Å². The van der Waals surface area contributed by atoms with Gasteiger partial charge >= 0.3 is 0 Å². The van der Waals surface area contributed by atoms with E-state index >= 15 is 0 Å². The third kappa shape index (κ3) is 2.08. The maximum Gasteiger partial charge on any atom is 0.128 e. The Labute approximate surface area is 93.9 Å². The molecule has 0 aliphatic rings. The van der Waals surface area contributed by atoms with Crippen molar-refractivity contribution in [3.63, 3.8) is 0 Å². The predicted octanol–water partition coefficient (Wildman–Crippen LogP) is 3.03. The van der Waals surface area contributed by atoms with E-state index in [4.69, 9.17) is 11.6 Å². The Morgan fingerprint density at radius 2 is 1.93 bits per heavy atom. The number of benzene rings is 1. The molecule has 1 heterocycles. The first-order chi connectivity index (χ1) is 6.42. The first kappa shape index (κ1) is 11.1. The first-order valence-electron chi connectivity index (χ1n) is 4.05. The maximum absolute atomic E-state index is 5.74. The molecule has 0 aliphatic heterocycles.